The molecule has 0 saturated carbocycles. The van der Waals surface area contributed by atoms with Crippen molar-refractivity contribution in [1.29, 1.82) is 0 Å². The van der Waals surface area contributed by atoms with Crippen molar-refractivity contribution < 1.29 is 22.6 Å². The number of hydrogen-bond donors (Lipinski definition) is 0. The van der Waals surface area contributed by atoms with Gasteiger partial charge in [-0.1, -0.05) is 26.8 Å². The van der Waals surface area contributed by atoms with Gasteiger partial charge in [0.2, 0.25) is 0 Å². The van der Waals surface area contributed by atoms with Crippen molar-refractivity contribution in [2.24, 2.45) is 0 Å². The lowest BCUT2D eigenvalue weighted by atomic mass is 9.86. The average molecular weight is 290 g/mol. The maximum Gasteiger partial charge on any atom is 0.419 e. The van der Waals surface area contributed by atoms with E-state index in [0.717, 1.165) is 6.07 Å². The zero-order valence-electron chi connectivity index (χ0n) is 12.5. The number of ether oxygens (including phenoxy) is 2. The van der Waals surface area contributed by atoms with Crippen molar-refractivity contribution in [2.45, 2.75) is 45.4 Å². The summed E-state index contributed by atoms with van der Waals surface area (Å²) in [6, 6.07) is 4.22. The first kappa shape index (κ1) is 16.8. The van der Waals surface area contributed by atoms with Crippen molar-refractivity contribution in [2.75, 3.05) is 13.7 Å². The highest BCUT2D eigenvalue weighted by atomic mass is 19.4. The van der Waals surface area contributed by atoms with E-state index in [9.17, 15) is 13.2 Å². The molecule has 0 radical (unpaired) electrons. The molecule has 0 bridgehead atoms. The fourth-order valence-electron chi connectivity index (χ4n) is 1.81. The molecule has 1 atom stereocenters. The Morgan fingerprint density at radius 1 is 1.15 bits per heavy atom. The Balaban J connectivity index is 3.18. The quantitative estimate of drug-likeness (QED) is 0.817. The normalized spacial score (nSPS) is 14.2. The van der Waals surface area contributed by atoms with Crippen LogP contribution >= 0.6 is 0 Å². The molecule has 0 fully saturated rings. The van der Waals surface area contributed by atoms with Crippen molar-refractivity contribution in [3.8, 4) is 5.75 Å². The molecule has 0 amide bonds. The van der Waals surface area contributed by atoms with E-state index in [1.54, 1.807) is 13.0 Å². The molecule has 0 N–H and O–H groups in total. The zero-order chi connectivity index (χ0) is 15.6. The highest BCUT2D eigenvalue weighted by Crippen LogP contribution is 2.39. The van der Waals surface area contributed by atoms with Crippen LogP contribution in [0.3, 0.4) is 0 Å². The molecule has 20 heavy (non-hydrogen) atoms. The van der Waals surface area contributed by atoms with Gasteiger partial charge in [0.15, 0.2) is 0 Å². The van der Waals surface area contributed by atoms with Crippen LogP contribution < -0.4 is 4.74 Å². The van der Waals surface area contributed by atoms with Gasteiger partial charge in [0.25, 0.3) is 0 Å². The summed E-state index contributed by atoms with van der Waals surface area (Å²) in [5, 5.41) is 0. The molecule has 0 aliphatic carbocycles. The van der Waals surface area contributed by atoms with Gasteiger partial charge in [-0.2, -0.15) is 13.2 Å². The Hall–Kier alpha value is -1.23. The van der Waals surface area contributed by atoms with Crippen molar-refractivity contribution >= 4 is 0 Å². The Bertz CT molecular complexity index is 447. The maximum atomic E-state index is 13.1. The van der Waals surface area contributed by atoms with Gasteiger partial charge in [-0.3, -0.25) is 0 Å². The lowest BCUT2D eigenvalue weighted by molar-refractivity contribution is -0.139. The molecule has 0 heterocycles. The summed E-state index contributed by atoms with van der Waals surface area (Å²) in [4.78, 5) is 0. The second-order valence-electron chi connectivity index (χ2n) is 5.84. The van der Waals surface area contributed by atoms with Gasteiger partial charge < -0.3 is 9.47 Å². The van der Waals surface area contributed by atoms with Crippen molar-refractivity contribution in [1.82, 2.24) is 0 Å². The number of benzene rings is 1. The van der Waals surface area contributed by atoms with Crippen LogP contribution in [0.15, 0.2) is 18.2 Å². The molecule has 0 aliphatic rings. The summed E-state index contributed by atoms with van der Waals surface area (Å²) in [5.41, 5.74) is -0.471. The summed E-state index contributed by atoms with van der Waals surface area (Å²) >= 11 is 0. The Morgan fingerprint density at radius 3 is 2.20 bits per heavy atom. The monoisotopic (exact) mass is 290 g/mol. The molecule has 1 rings (SSSR count). The van der Waals surface area contributed by atoms with Crippen LogP contribution in [0.2, 0.25) is 0 Å². The standard InChI is InChI=1S/C15H21F3O2/c1-10(9-19-5)20-13-7-6-11(14(2,3)4)8-12(13)15(16,17)18/h6-8,10H,9H2,1-5H3. The van der Waals surface area contributed by atoms with Crippen LogP contribution in [0, 0.1) is 0 Å². The lowest BCUT2D eigenvalue weighted by Gasteiger charge is -2.23. The van der Waals surface area contributed by atoms with Gasteiger partial charge in [-0.25, -0.2) is 0 Å². The van der Waals surface area contributed by atoms with E-state index in [2.05, 4.69) is 0 Å². The third kappa shape index (κ3) is 4.40. The summed E-state index contributed by atoms with van der Waals surface area (Å²) < 4.78 is 49.6. The first-order valence-electron chi connectivity index (χ1n) is 6.43. The molecular formula is C15H21F3O2. The van der Waals surface area contributed by atoms with E-state index < -0.39 is 17.8 Å². The number of rotatable bonds is 4. The molecule has 0 aromatic heterocycles. The lowest BCUT2D eigenvalue weighted by Crippen LogP contribution is -2.21. The topological polar surface area (TPSA) is 18.5 Å². The molecule has 1 aromatic carbocycles. The van der Waals surface area contributed by atoms with Crippen molar-refractivity contribution in [3.63, 3.8) is 0 Å². The molecule has 2 nitrogen and oxygen atoms in total. The molecule has 1 aromatic rings. The molecule has 1 unspecified atom stereocenters. The Kier molecular flexibility index (Phi) is 5.08. The number of hydrogen-bond acceptors (Lipinski definition) is 2. The van der Waals surface area contributed by atoms with Crippen LogP contribution in [0.25, 0.3) is 0 Å². The molecule has 0 aliphatic heterocycles. The third-order valence-corrected chi connectivity index (χ3v) is 2.88. The van der Waals surface area contributed by atoms with Gasteiger partial charge >= 0.3 is 6.18 Å². The fraction of sp³-hybridized carbons (Fsp3) is 0.600. The molecule has 114 valence electrons. The Labute approximate surface area is 117 Å². The van der Waals surface area contributed by atoms with Gasteiger partial charge in [0.05, 0.1) is 12.2 Å². The predicted octanol–water partition coefficient (Wildman–Crippen LogP) is 4.42. The highest BCUT2D eigenvalue weighted by Gasteiger charge is 2.36. The summed E-state index contributed by atoms with van der Waals surface area (Å²) in [6.45, 7) is 7.52. The van der Waals surface area contributed by atoms with E-state index in [4.69, 9.17) is 9.47 Å². The minimum Gasteiger partial charge on any atom is -0.488 e. The summed E-state index contributed by atoms with van der Waals surface area (Å²) in [6.07, 6.45) is -4.88. The fourth-order valence-corrected chi connectivity index (χ4v) is 1.81. The predicted molar refractivity (Wildman–Crippen MR) is 72.1 cm³/mol. The second kappa shape index (κ2) is 6.04. The molecule has 0 spiro atoms. The van der Waals surface area contributed by atoms with Gasteiger partial charge in [-0.15, -0.1) is 0 Å². The molecule has 0 saturated heterocycles. The van der Waals surface area contributed by atoms with Gasteiger partial charge in [-0.05, 0) is 30.0 Å². The number of alkyl halides is 3. The highest BCUT2D eigenvalue weighted by molar-refractivity contribution is 5.41. The number of methoxy groups -OCH3 is 1. The van der Waals surface area contributed by atoms with Crippen molar-refractivity contribution in [3.05, 3.63) is 29.3 Å². The minimum atomic E-state index is -4.44. The van der Waals surface area contributed by atoms with E-state index >= 15 is 0 Å². The SMILES string of the molecule is COCC(C)Oc1ccc(C(C)(C)C)cc1C(F)(F)F. The first-order chi connectivity index (χ1) is 9.05. The Morgan fingerprint density at radius 2 is 1.75 bits per heavy atom. The first-order valence-corrected chi connectivity index (χ1v) is 6.43. The smallest absolute Gasteiger partial charge is 0.419 e. The van der Waals surface area contributed by atoms with Crippen LogP contribution in [-0.2, 0) is 16.3 Å². The van der Waals surface area contributed by atoms with Crippen LogP contribution in [-0.4, -0.2) is 19.8 Å². The van der Waals surface area contributed by atoms with Crippen LogP contribution in [0.1, 0.15) is 38.8 Å². The third-order valence-electron chi connectivity index (χ3n) is 2.88. The summed E-state index contributed by atoms with van der Waals surface area (Å²) in [7, 11) is 1.48. The minimum absolute atomic E-state index is 0.157. The molecule has 5 heteroatoms. The van der Waals surface area contributed by atoms with Crippen LogP contribution in [0.4, 0.5) is 13.2 Å². The average Bonchev–Trinajstić information content (AvgIpc) is 2.26. The second-order valence-corrected chi connectivity index (χ2v) is 5.84. The summed E-state index contributed by atoms with van der Waals surface area (Å²) in [5.74, 6) is -0.157. The van der Waals surface area contributed by atoms with Crippen LogP contribution in [0.5, 0.6) is 5.75 Å². The maximum absolute atomic E-state index is 13.1. The number of halogens is 3. The van der Waals surface area contributed by atoms with E-state index in [1.807, 2.05) is 20.8 Å². The molecular weight excluding hydrogens is 269 g/mol. The van der Waals surface area contributed by atoms with Gasteiger partial charge in [0.1, 0.15) is 11.9 Å². The van der Waals surface area contributed by atoms with E-state index in [1.165, 1.54) is 13.2 Å². The largest absolute Gasteiger partial charge is 0.488 e. The van der Waals surface area contributed by atoms with E-state index in [-0.39, 0.29) is 17.8 Å². The van der Waals surface area contributed by atoms with E-state index in [0.29, 0.717) is 5.56 Å². The van der Waals surface area contributed by atoms with Gasteiger partial charge in [0, 0.05) is 7.11 Å². The zero-order valence-corrected chi connectivity index (χ0v) is 12.5.